The topological polar surface area (TPSA) is 29.1 Å². The van der Waals surface area contributed by atoms with Gasteiger partial charge in [0.05, 0.1) is 5.69 Å². The van der Waals surface area contributed by atoms with Crippen LogP contribution in [0, 0.1) is 0 Å². The van der Waals surface area contributed by atoms with Crippen LogP contribution in [0.15, 0.2) is 27.1 Å². The molecule has 0 unspecified atom stereocenters. The number of carbonyl (C=O) groups excluding carboxylic acids is 1. The van der Waals surface area contributed by atoms with Gasteiger partial charge in [-0.25, -0.2) is 0 Å². The predicted octanol–water partition coefficient (Wildman–Crippen LogP) is 4.73. The zero-order chi connectivity index (χ0) is 12.0. The molecule has 1 rings (SSSR count). The molecular formula is C12H15Br2NO. The molecule has 0 saturated heterocycles. The Morgan fingerprint density at radius 2 is 2.06 bits per heavy atom. The van der Waals surface area contributed by atoms with E-state index in [4.69, 9.17) is 0 Å². The van der Waals surface area contributed by atoms with Gasteiger partial charge in [0.25, 0.3) is 0 Å². The fourth-order valence-corrected chi connectivity index (χ4v) is 2.49. The first kappa shape index (κ1) is 13.7. The third kappa shape index (κ3) is 4.66. The Morgan fingerprint density at radius 1 is 1.31 bits per heavy atom. The molecular weight excluding hydrogens is 334 g/mol. The first-order valence-electron chi connectivity index (χ1n) is 5.38. The Balaban J connectivity index is 2.49. The van der Waals surface area contributed by atoms with E-state index in [1.165, 1.54) is 0 Å². The molecule has 0 spiro atoms. The molecule has 0 radical (unpaired) electrons. The molecule has 0 aliphatic carbocycles. The van der Waals surface area contributed by atoms with Crippen molar-refractivity contribution in [1.82, 2.24) is 0 Å². The summed E-state index contributed by atoms with van der Waals surface area (Å²) in [7, 11) is 0. The van der Waals surface area contributed by atoms with Gasteiger partial charge in [-0.3, -0.25) is 4.79 Å². The van der Waals surface area contributed by atoms with Crippen molar-refractivity contribution in [2.75, 3.05) is 5.32 Å². The second kappa shape index (κ2) is 7.07. The van der Waals surface area contributed by atoms with Crippen LogP contribution in [0.3, 0.4) is 0 Å². The number of nitrogens with one attached hydrogen (secondary N) is 1. The van der Waals surface area contributed by atoms with Crippen LogP contribution in [0.25, 0.3) is 0 Å². The Bertz CT molecular complexity index is 366. The number of benzene rings is 1. The van der Waals surface area contributed by atoms with Gasteiger partial charge in [0.2, 0.25) is 5.91 Å². The van der Waals surface area contributed by atoms with E-state index in [0.717, 1.165) is 33.9 Å². The van der Waals surface area contributed by atoms with Crippen molar-refractivity contribution >= 4 is 43.5 Å². The molecule has 16 heavy (non-hydrogen) atoms. The van der Waals surface area contributed by atoms with E-state index in [0.29, 0.717) is 6.42 Å². The van der Waals surface area contributed by atoms with Crippen LogP contribution in [0.1, 0.15) is 32.6 Å². The number of carbonyl (C=O) groups is 1. The van der Waals surface area contributed by atoms with Crippen LogP contribution in [-0.2, 0) is 4.79 Å². The van der Waals surface area contributed by atoms with E-state index in [1.54, 1.807) is 0 Å². The molecule has 0 fully saturated rings. The highest BCUT2D eigenvalue weighted by molar-refractivity contribution is 9.11. The fraction of sp³-hybridized carbons (Fsp3) is 0.417. The fourth-order valence-electron chi connectivity index (χ4n) is 1.34. The molecule has 88 valence electrons. The summed E-state index contributed by atoms with van der Waals surface area (Å²) in [6.45, 7) is 2.13. The number of rotatable bonds is 5. The summed E-state index contributed by atoms with van der Waals surface area (Å²) < 4.78 is 1.88. The average molecular weight is 349 g/mol. The first-order valence-corrected chi connectivity index (χ1v) is 6.97. The summed E-state index contributed by atoms with van der Waals surface area (Å²) in [5, 5.41) is 2.89. The third-order valence-corrected chi connectivity index (χ3v) is 3.36. The SMILES string of the molecule is CCCCCC(=O)Nc1ccc(Br)cc1Br. The molecule has 1 N–H and O–H groups in total. The highest BCUT2D eigenvalue weighted by Crippen LogP contribution is 2.26. The lowest BCUT2D eigenvalue weighted by atomic mass is 10.2. The lowest BCUT2D eigenvalue weighted by molar-refractivity contribution is -0.116. The lowest BCUT2D eigenvalue weighted by Crippen LogP contribution is -2.11. The summed E-state index contributed by atoms with van der Waals surface area (Å²) in [6, 6.07) is 5.71. The van der Waals surface area contributed by atoms with Gasteiger partial charge >= 0.3 is 0 Å². The van der Waals surface area contributed by atoms with Crippen molar-refractivity contribution in [2.45, 2.75) is 32.6 Å². The minimum absolute atomic E-state index is 0.0801. The van der Waals surface area contributed by atoms with Crippen LogP contribution in [0.5, 0.6) is 0 Å². The Labute approximate surface area is 113 Å². The molecule has 0 atom stereocenters. The highest BCUT2D eigenvalue weighted by Gasteiger charge is 2.05. The van der Waals surface area contributed by atoms with Crippen molar-refractivity contribution in [1.29, 1.82) is 0 Å². The van der Waals surface area contributed by atoms with E-state index < -0.39 is 0 Å². The van der Waals surface area contributed by atoms with Crippen LogP contribution in [0.4, 0.5) is 5.69 Å². The summed E-state index contributed by atoms with van der Waals surface area (Å²) in [5.41, 5.74) is 0.824. The van der Waals surface area contributed by atoms with Crippen LogP contribution >= 0.6 is 31.9 Å². The molecule has 0 saturated carbocycles. The zero-order valence-corrected chi connectivity index (χ0v) is 12.4. The Kier molecular flexibility index (Phi) is 6.06. The molecule has 1 amide bonds. The van der Waals surface area contributed by atoms with Gasteiger partial charge in [-0.05, 0) is 40.5 Å². The summed E-state index contributed by atoms with van der Waals surface area (Å²) in [4.78, 5) is 11.6. The van der Waals surface area contributed by atoms with Crippen molar-refractivity contribution in [2.24, 2.45) is 0 Å². The van der Waals surface area contributed by atoms with Crippen LogP contribution in [0.2, 0.25) is 0 Å². The summed E-state index contributed by atoms with van der Waals surface area (Å²) in [5.74, 6) is 0.0801. The van der Waals surface area contributed by atoms with Crippen molar-refractivity contribution in [3.8, 4) is 0 Å². The van der Waals surface area contributed by atoms with Gasteiger partial charge < -0.3 is 5.32 Å². The number of unbranched alkanes of at least 4 members (excludes halogenated alkanes) is 2. The van der Waals surface area contributed by atoms with E-state index in [2.05, 4.69) is 44.1 Å². The molecule has 0 heterocycles. The number of hydrogen-bond donors (Lipinski definition) is 1. The number of amides is 1. The molecule has 1 aromatic rings. The van der Waals surface area contributed by atoms with Crippen molar-refractivity contribution < 1.29 is 4.79 Å². The number of halogens is 2. The third-order valence-electron chi connectivity index (χ3n) is 2.21. The number of hydrogen-bond acceptors (Lipinski definition) is 1. The molecule has 0 bridgehead atoms. The minimum Gasteiger partial charge on any atom is -0.325 e. The van der Waals surface area contributed by atoms with Gasteiger partial charge in [-0.2, -0.15) is 0 Å². The van der Waals surface area contributed by atoms with E-state index in [-0.39, 0.29) is 5.91 Å². The maximum absolute atomic E-state index is 11.6. The molecule has 1 aromatic carbocycles. The quantitative estimate of drug-likeness (QED) is 0.765. The van der Waals surface area contributed by atoms with Crippen LogP contribution in [-0.4, -0.2) is 5.91 Å². The number of anilines is 1. The standard InChI is InChI=1S/C12H15Br2NO/c1-2-3-4-5-12(16)15-11-7-6-9(13)8-10(11)14/h6-8H,2-5H2,1H3,(H,15,16). The average Bonchev–Trinajstić information content (AvgIpc) is 2.23. The van der Waals surface area contributed by atoms with Gasteiger partial charge in [-0.15, -0.1) is 0 Å². The Hall–Kier alpha value is -0.350. The van der Waals surface area contributed by atoms with E-state index in [1.807, 2.05) is 18.2 Å². The minimum atomic E-state index is 0.0801. The normalized spacial score (nSPS) is 10.2. The van der Waals surface area contributed by atoms with E-state index in [9.17, 15) is 4.79 Å². The molecule has 0 aliphatic rings. The molecule has 0 aromatic heterocycles. The van der Waals surface area contributed by atoms with Crippen LogP contribution < -0.4 is 5.32 Å². The predicted molar refractivity (Wildman–Crippen MR) is 74.6 cm³/mol. The first-order chi connectivity index (χ1) is 7.63. The zero-order valence-electron chi connectivity index (χ0n) is 9.22. The monoisotopic (exact) mass is 347 g/mol. The van der Waals surface area contributed by atoms with E-state index >= 15 is 0 Å². The van der Waals surface area contributed by atoms with Gasteiger partial charge in [-0.1, -0.05) is 35.7 Å². The molecule has 0 aliphatic heterocycles. The molecule has 4 heteroatoms. The summed E-state index contributed by atoms with van der Waals surface area (Å²) >= 11 is 6.78. The van der Waals surface area contributed by atoms with Gasteiger partial charge in [0.1, 0.15) is 0 Å². The highest BCUT2D eigenvalue weighted by atomic mass is 79.9. The van der Waals surface area contributed by atoms with Gasteiger partial charge in [0.15, 0.2) is 0 Å². The largest absolute Gasteiger partial charge is 0.325 e. The smallest absolute Gasteiger partial charge is 0.224 e. The lowest BCUT2D eigenvalue weighted by Gasteiger charge is -2.07. The van der Waals surface area contributed by atoms with Crippen molar-refractivity contribution in [3.63, 3.8) is 0 Å². The van der Waals surface area contributed by atoms with Crippen molar-refractivity contribution in [3.05, 3.63) is 27.1 Å². The maximum atomic E-state index is 11.6. The Morgan fingerprint density at radius 3 is 2.69 bits per heavy atom. The van der Waals surface area contributed by atoms with Gasteiger partial charge in [0, 0.05) is 15.4 Å². The second-order valence-electron chi connectivity index (χ2n) is 3.63. The second-order valence-corrected chi connectivity index (χ2v) is 5.40. The maximum Gasteiger partial charge on any atom is 0.224 e. The molecule has 2 nitrogen and oxygen atoms in total. The summed E-state index contributed by atoms with van der Waals surface area (Å²) in [6.07, 6.45) is 3.79.